The van der Waals surface area contributed by atoms with E-state index in [1.165, 1.54) is 54.5 Å². The number of fused-ring (bicyclic) bond motifs is 12. The molecule has 6 aromatic rings. The topological polar surface area (TPSA) is 13.1 Å². The maximum atomic E-state index is 6.32. The monoisotopic (exact) mass is 436 g/mol. The zero-order valence-electron chi connectivity index (χ0n) is 18.0. The number of benzene rings is 5. The summed E-state index contributed by atoms with van der Waals surface area (Å²) in [5.74, 6) is 0. The minimum Gasteiger partial charge on any atom is -0.456 e. The van der Waals surface area contributed by atoms with Gasteiger partial charge < -0.3 is 4.42 Å². The Morgan fingerprint density at radius 2 is 1.12 bits per heavy atom. The van der Waals surface area contributed by atoms with Crippen molar-refractivity contribution in [3.63, 3.8) is 0 Å². The first-order chi connectivity index (χ1) is 16.4. The second kappa shape index (κ2) is 6.12. The first-order valence-corrected chi connectivity index (χ1v) is 13.0. The van der Waals surface area contributed by atoms with E-state index in [1.807, 2.05) is 0 Å². The summed E-state index contributed by atoms with van der Waals surface area (Å²) in [6.45, 7) is 0. The van der Waals surface area contributed by atoms with E-state index in [4.69, 9.17) is 4.42 Å². The maximum absolute atomic E-state index is 6.32. The highest BCUT2D eigenvalue weighted by atomic mass is 28.2. The average molecular weight is 437 g/mol. The van der Waals surface area contributed by atoms with Crippen LogP contribution in [0.1, 0.15) is 22.3 Å². The lowest BCUT2D eigenvalue weighted by Crippen LogP contribution is -2.48. The molecule has 0 amide bonds. The molecule has 2 aliphatic rings. The molecule has 1 aromatic heterocycles. The summed E-state index contributed by atoms with van der Waals surface area (Å²) < 4.78 is 6.32. The van der Waals surface area contributed by atoms with Crippen LogP contribution < -0.4 is 10.4 Å². The molecule has 0 bridgehead atoms. The smallest absolute Gasteiger partial charge is 0.135 e. The summed E-state index contributed by atoms with van der Waals surface area (Å²) in [5, 5.41) is 5.45. The highest BCUT2D eigenvalue weighted by Crippen LogP contribution is 2.56. The van der Waals surface area contributed by atoms with E-state index in [-0.39, 0.29) is 5.41 Å². The lowest BCUT2D eigenvalue weighted by Gasteiger charge is -2.40. The van der Waals surface area contributed by atoms with Crippen molar-refractivity contribution in [1.82, 2.24) is 0 Å². The lowest BCUT2D eigenvalue weighted by atomic mass is 9.67. The van der Waals surface area contributed by atoms with Gasteiger partial charge >= 0.3 is 0 Å². The molecule has 1 aliphatic heterocycles. The van der Waals surface area contributed by atoms with Crippen LogP contribution in [-0.2, 0) is 5.41 Å². The quantitative estimate of drug-likeness (QED) is 0.291. The normalized spacial score (nSPS) is 15.5. The van der Waals surface area contributed by atoms with Crippen LogP contribution in [0.5, 0.6) is 0 Å². The summed E-state index contributed by atoms with van der Waals surface area (Å²) in [7, 11) is -0.639. The second-order valence-electron chi connectivity index (χ2n) is 9.28. The molecule has 0 fully saturated rings. The van der Waals surface area contributed by atoms with Gasteiger partial charge in [-0.1, -0.05) is 101 Å². The first kappa shape index (κ1) is 17.6. The summed E-state index contributed by atoms with van der Waals surface area (Å²) in [5.41, 5.74) is 10.1. The third-order valence-electron chi connectivity index (χ3n) is 7.76. The molecule has 154 valence electrons. The molecule has 0 atom stereocenters. The fourth-order valence-corrected chi connectivity index (χ4v) is 8.60. The molecule has 2 heterocycles. The number of hydrogen-bond acceptors (Lipinski definition) is 1. The summed E-state index contributed by atoms with van der Waals surface area (Å²) in [6, 6.07) is 40.4. The molecule has 1 spiro atoms. The zero-order chi connectivity index (χ0) is 21.6. The molecule has 5 aromatic carbocycles. The van der Waals surface area contributed by atoms with E-state index < -0.39 is 9.52 Å². The second-order valence-corrected chi connectivity index (χ2v) is 11.2. The predicted octanol–water partition coefficient (Wildman–Crippen LogP) is 5.38. The van der Waals surface area contributed by atoms with Crippen LogP contribution in [0.4, 0.5) is 0 Å². The molecule has 0 radical (unpaired) electrons. The lowest BCUT2D eigenvalue weighted by molar-refractivity contribution is 0.668. The van der Waals surface area contributed by atoms with E-state index in [0.29, 0.717) is 0 Å². The van der Waals surface area contributed by atoms with Gasteiger partial charge in [0.25, 0.3) is 0 Å². The van der Waals surface area contributed by atoms with Gasteiger partial charge in [0.2, 0.25) is 0 Å². The van der Waals surface area contributed by atoms with Crippen molar-refractivity contribution in [1.29, 1.82) is 0 Å². The van der Waals surface area contributed by atoms with Crippen molar-refractivity contribution in [3.8, 4) is 11.1 Å². The van der Waals surface area contributed by atoms with Crippen LogP contribution in [0.15, 0.2) is 114 Å². The molecular formula is C31H20OSi. The van der Waals surface area contributed by atoms with Gasteiger partial charge in [-0.3, -0.25) is 0 Å². The summed E-state index contributed by atoms with van der Waals surface area (Å²) >= 11 is 0. The van der Waals surface area contributed by atoms with Crippen LogP contribution in [0.2, 0.25) is 0 Å². The fraction of sp³-hybridized carbons (Fsp3) is 0.0323. The molecule has 0 unspecified atom stereocenters. The van der Waals surface area contributed by atoms with E-state index in [0.717, 1.165) is 11.2 Å². The molecule has 33 heavy (non-hydrogen) atoms. The minimum absolute atomic E-state index is 0.281. The maximum Gasteiger partial charge on any atom is 0.135 e. The standard InChI is InChI=1S/C31H20OSi/c1-4-12-23-19(9-1)20-10-2-5-13-24(20)31(23)25-14-6-8-16-29(25)33-30-18-28-22(17-26(30)31)21-11-3-7-15-27(21)32-28/h1-18H,33H2. The van der Waals surface area contributed by atoms with Crippen LogP contribution >= 0.6 is 0 Å². The Hall–Kier alpha value is -3.88. The van der Waals surface area contributed by atoms with Gasteiger partial charge in [-0.05, 0) is 51.6 Å². The van der Waals surface area contributed by atoms with Gasteiger partial charge in [0.15, 0.2) is 0 Å². The number of para-hydroxylation sites is 1. The molecule has 2 heteroatoms. The highest BCUT2D eigenvalue weighted by molar-refractivity contribution is 6.69. The molecule has 8 rings (SSSR count). The van der Waals surface area contributed by atoms with Gasteiger partial charge in [-0.15, -0.1) is 0 Å². The van der Waals surface area contributed by atoms with Gasteiger partial charge in [0.1, 0.15) is 11.2 Å². The molecule has 0 N–H and O–H groups in total. The van der Waals surface area contributed by atoms with Crippen molar-refractivity contribution in [2.75, 3.05) is 0 Å². The average Bonchev–Trinajstić information content (AvgIpc) is 3.37. The summed E-state index contributed by atoms with van der Waals surface area (Å²) in [6.07, 6.45) is 0. The molecule has 1 nitrogen and oxygen atoms in total. The molecule has 1 aliphatic carbocycles. The van der Waals surface area contributed by atoms with Crippen molar-refractivity contribution in [3.05, 3.63) is 131 Å². The fourth-order valence-electron chi connectivity index (χ4n) is 6.51. The Labute approximate surface area is 194 Å². The summed E-state index contributed by atoms with van der Waals surface area (Å²) in [4.78, 5) is 0. The van der Waals surface area contributed by atoms with E-state index >= 15 is 0 Å². The van der Waals surface area contributed by atoms with Crippen LogP contribution in [0, 0.1) is 0 Å². The van der Waals surface area contributed by atoms with E-state index in [9.17, 15) is 0 Å². The molecule has 0 saturated heterocycles. The zero-order valence-corrected chi connectivity index (χ0v) is 19.4. The third kappa shape index (κ3) is 2.08. The first-order valence-electron chi connectivity index (χ1n) is 11.6. The Morgan fingerprint density at radius 3 is 1.91 bits per heavy atom. The van der Waals surface area contributed by atoms with Crippen LogP contribution in [0.25, 0.3) is 33.1 Å². The van der Waals surface area contributed by atoms with Gasteiger partial charge in [0, 0.05) is 10.8 Å². The van der Waals surface area contributed by atoms with Crippen molar-refractivity contribution >= 4 is 41.8 Å². The molecule has 0 saturated carbocycles. The largest absolute Gasteiger partial charge is 0.456 e. The number of furan rings is 1. The Morgan fingerprint density at radius 1 is 0.485 bits per heavy atom. The Kier molecular flexibility index (Phi) is 3.27. The predicted molar refractivity (Wildman–Crippen MR) is 139 cm³/mol. The van der Waals surface area contributed by atoms with E-state index in [1.54, 1.807) is 0 Å². The molecular weight excluding hydrogens is 416 g/mol. The van der Waals surface area contributed by atoms with Gasteiger partial charge in [-0.25, -0.2) is 0 Å². The minimum atomic E-state index is -0.639. The SMILES string of the molecule is c1ccc2c(c1)[SiH2]c1cc3oc4ccccc4c3cc1C21c2ccccc2-c2ccccc21. The highest BCUT2D eigenvalue weighted by Gasteiger charge is 2.49. The van der Waals surface area contributed by atoms with Crippen molar-refractivity contribution in [2.24, 2.45) is 0 Å². The van der Waals surface area contributed by atoms with Crippen LogP contribution in [0.3, 0.4) is 0 Å². The Bertz CT molecular complexity index is 1710. The van der Waals surface area contributed by atoms with Gasteiger partial charge in [0.05, 0.1) is 14.9 Å². The van der Waals surface area contributed by atoms with Crippen molar-refractivity contribution < 1.29 is 4.42 Å². The Balaban J connectivity index is 1.60. The van der Waals surface area contributed by atoms with Crippen molar-refractivity contribution in [2.45, 2.75) is 5.41 Å². The van der Waals surface area contributed by atoms with Gasteiger partial charge in [-0.2, -0.15) is 0 Å². The van der Waals surface area contributed by atoms with Crippen LogP contribution in [-0.4, -0.2) is 9.52 Å². The third-order valence-corrected chi connectivity index (χ3v) is 9.72. The van der Waals surface area contributed by atoms with E-state index in [2.05, 4.69) is 109 Å². The number of rotatable bonds is 0. The number of hydrogen-bond donors (Lipinski definition) is 0.